The first-order valence-corrected chi connectivity index (χ1v) is 6.90. The molecule has 0 radical (unpaired) electrons. The monoisotopic (exact) mass is 266 g/mol. The molecule has 2 unspecified atom stereocenters. The van der Waals surface area contributed by atoms with E-state index in [-0.39, 0.29) is 17.5 Å². The molecule has 0 aliphatic carbocycles. The van der Waals surface area contributed by atoms with Crippen molar-refractivity contribution in [2.24, 2.45) is 0 Å². The predicted molar refractivity (Wildman–Crippen MR) is 78.6 cm³/mol. The number of hydrogen-bond donors (Lipinski definition) is 3. The lowest BCUT2D eigenvalue weighted by Crippen LogP contribution is -2.35. The van der Waals surface area contributed by atoms with Gasteiger partial charge in [-0.2, -0.15) is 0 Å². The Labute approximate surface area is 116 Å². The zero-order valence-electron chi connectivity index (χ0n) is 12.3. The Morgan fingerprint density at radius 1 is 1.16 bits per heavy atom. The third-order valence-corrected chi connectivity index (χ3v) is 3.68. The number of rotatable bonds is 7. The minimum absolute atomic E-state index is 0.0976. The van der Waals surface area contributed by atoms with E-state index >= 15 is 0 Å². The van der Waals surface area contributed by atoms with Gasteiger partial charge in [-0.05, 0) is 45.0 Å². The van der Waals surface area contributed by atoms with E-state index in [2.05, 4.69) is 31.1 Å². The van der Waals surface area contributed by atoms with Crippen LogP contribution in [0, 0.1) is 0 Å². The predicted octanol–water partition coefficient (Wildman–Crippen LogP) is 2.48. The molecule has 19 heavy (non-hydrogen) atoms. The summed E-state index contributed by atoms with van der Waals surface area (Å²) in [5, 5.41) is 22.3. The molecule has 0 saturated heterocycles. The number of likely N-dealkylation sites (N-methyl/N-ethyl adjacent to an activating group) is 1. The summed E-state index contributed by atoms with van der Waals surface area (Å²) in [4.78, 5) is 2.32. The Hall–Kier alpha value is -1.26. The van der Waals surface area contributed by atoms with Gasteiger partial charge in [0.1, 0.15) is 11.5 Å². The minimum atomic E-state index is 0.0976. The van der Waals surface area contributed by atoms with Gasteiger partial charge in [0.2, 0.25) is 0 Å². The van der Waals surface area contributed by atoms with E-state index in [0.29, 0.717) is 6.04 Å². The lowest BCUT2D eigenvalue weighted by atomic mass is 10.1. The van der Waals surface area contributed by atoms with Gasteiger partial charge in [-0.1, -0.05) is 6.92 Å². The van der Waals surface area contributed by atoms with Crippen LogP contribution in [0.3, 0.4) is 0 Å². The zero-order chi connectivity index (χ0) is 14.4. The van der Waals surface area contributed by atoms with Crippen molar-refractivity contribution in [1.82, 2.24) is 10.2 Å². The Morgan fingerprint density at radius 3 is 2.26 bits per heavy atom. The third kappa shape index (κ3) is 5.09. The van der Waals surface area contributed by atoms with E-state index in [1.54, 1.807) is 12.1 Å². The molecule has 108 valence electrons. The van der Waals surface area contributed by atoms with Crippen LogP contribution >= 0.6 is 0 Å². The second kappa shape index (κ2) is 7.36. The van der Waals surface area contributed by atoms with Crippen molar-refractivity contribution in [3.8, 4) is 11.5 Å². The van der Waals surface area contributed by atoms with E-state index in [1.165, 1.54) is 6.07 Å². The number of nitrogens with zero attached hydrogens (tertiary/aromatic N) is 1. The third-order valence-electron chi connectivity index (χ3n) is 3.68. The second-order valence-corrected chi connectivity index (χ2v) is 5.20. The highest BCUT2D eigenvalue weighted by molar-refractivity contribution is 5.37. The first-order chi connectivity index (χ1) is 8.93. The van der Waals surface area contributed by atoms with Gasteiger partial charge in [-0.25, -0.2) is 0 Å². The maximum absolute atomic E-state index is 9.47. The van der Waals surface area contributed by atoms with E-state index in [1.807, 2.05) is 6.92 Å². The summed E-state index contributed by atoms with van der Waals surface area (Å²) in [7, 11) is 2.13. The van der Waals surface area contributed by atoms with Crippen LogP contribution in [-0.4, -0.2) is 41.3 Å². The molecule has 0 aliphatic heterocycles. The normalized spacial score (nSPS) is 14.6. The van der Waals surface area contributed by atoms with Crippen LogP contribution in [0.4, 0.5) is 0 Å². The highest BCUT2D eigenvalue weighted by Crippen LogP contribution is 2.24. The quantitative estimate of drug-likeness (QED) is 0.709. The summed E-state index contributed by atoms with van der Waals surface area (Å²) in [6, 6.07) is 5.38. The molecule has 4 heteroatoms. The fraction of sp³-hybridized carbons (Fsp3) is 0.600. The van der Waals surface area contributed by atoms with Crippen molar-refractivity contribution < 1.29 is 10.2 Å². The van der Waals surface area contributed by atoms with Crippen LogP contribution in [0.2, 0.25) is 0 Å². The van der Waals surface area contributed by atoms with Crippen molar-refractivity contribution in [3.63, 3.8) is 0 Å². The van der Waals surface area contributed by atoms with Crippen molar-refractivity contribution in [1.29, 1.82) is 0 Å². The van der Waals surface area contributed by atoms with Crippen LogP contribution in [0.15, 0.2) is 18.2 Å². The fourth-order valence-electron chi connectivity index (χ4n) is 1.98. The van der Waals surface area contributed by atoms with Gasteiger partial charge in [0, 0.05) is 31.2 Å². The molecule has 0 aliphatic rings. The first-order valence-electron chi connectivity index (χ1n) is 6.90. The molecule has 0 amide bonds. The fourth-order valence-corrected chi connectivity index (χ4v) is 1.98. The molecule has 2 atom stereocenters. The number of phenolic OH excluding ortho intramolecular Hbond substituents is 2. The number of phenols is 2. The number of hydrogen-bond acceptors (Lipinski definition) is 4. The van der Waals surface area contributed by atoms with E-state index in [9.17, 15) is 10.2 Å². The van der Waals surface area contributed by atoms with Gasteiger partial charge in [0.15, 0.2) is 0 Å². The zero-order valence-corrected chi connectivity index (χ0v) is 12.3. The molecule has 1 aromatic rings. The van der Waals surface area contributed by atoms with Crippen LogP contribution < -0.4 is 5.32 Å². The maximum Gasteiger partial charge on any atom is 0.119 e. The van der Waals surface area contributed by atoms with E-state index in [0.717, 1.165) is 25.1 Å². The SMILES string of the molecule is CCC(C)N(C)CCNC(C)c1cc(O)cc(O)c1. The highest BCUT2D eigenvalue weighted by Gasteiger charge is 2.09. The van der Waals surface area contributed by atoms with Gasteiger partial charge in [0.25, 0.3) is 0 Å². The average Bonchev–Trinajstić information content (AvgIpc) is 2.36. The van der Waals surface area contributed by atoms with Crippen LogP contribution in [0.5, 0.6) is 11.5 Å². The molecule has 4 nitrogen and oxygen atoms in total. The molecule has 0 saturated carbocycles. The van der Waals surface area contributed by atoms with Gasteiger partial charge in [-0.3, -0.25) is 0 Å². The maximum atomic E-state index is 9.47. The van der Waals surface area contributed by atoms with Crippen LogP contribution in [-0.2, 0) is 0 Å². The van der Waals surface area contributed by atoms with Crippen molar-refractivity contribution in [2.45, 2.75) is 39.3 Å². The molecule has 1 rings (SSSR count). The van der Waals surface area contributed by atoms with Crippen molar-refractivity contribution in [3.05, 3.63) is 23.8 Å². The first kappa shape index (κ1) is 15.8. The minimum Gasteiger partial charge on any atom is -0.508 e. The Balaban J connectivity index is 2.45. The molecule has 0 heterocycles. The summed E-state index contributed by atoms with van der Waals surface area (Å²) in [5.74, 6) is 0.195. The molecule has 0 fully saturated rings. The lowest BCUT2D eigenvalue weighted by Gasteiger charge is -2.24. The number of nitrogens with one attached hydrogen (secondary N) is 1. The number of aromatic hydroxyl groups is 2. The topological polar surface area (TPSA) is 55.7 Å². The highest BCUT2D eigenvalue weighted by atomic mass is 16.3. The number of benzene rings is 1. The summed E-state index contributed by atoms with van der Waals surface area (Å²) in [6.45, 7) is 8.28. The van der Waals surface area contributed by atoms with Gasteiger partial charge in [-0.15, -0.1) is 0 Å². The van der Waals surface area contributed by atoms with Gasteiger partial charge < -0.3 is 20.4 Å². The summed E-state index contributed by atoms with van der Waals surface area (Å²) < 4.78 is 0. The van der Waals surface area contributed by atoms with Gasteiger partial charge in [0.05, 0.1) is 0 Å². The largest absolute Gasteiger partial charge is 0.508 e. The lowest BCUT2D eigenvalue weighted by molar-refractivity contribution is 0.249. The summed E-state index contributed by atoms with van der Waals surface area (Å²) in [5.41, 5.74) is 0.892. The summed E-state index contributed by atoms with van der Waals surface area (Å²) in [6.07, 6.45) is 1.15. The molecule has 0 spiro atoms. The smallest absolute Gasteiger partial charge is 0.119 e. The Bertz CT molecular complexity index is 375. The Morgan fingerprint density at radius 2 is 1.74 bits per heavy atom. The van der Waals surface area contributed by atoms with Crippen LogP contribution in [0.25, 0.3) is 0 Å². The molecule has 1 aromatic carbocycles. The van der Waals surface area contributed by atoms with Crippen molar-refractivity contribution in [2.75, 3.05) is 20.1 Å². The molecule has 3 N–H and O–H groups in total. The molecule has 0 aromatic heterocycles. The van der Waals surface area contributed by atoms with Gasteiger partial charge >= 0.3 is 0 Å². The Kier molecular flexibility index (Phi) is 6.12. The molecular formula is C15H26N2O2. The van der Waals surface area contributed by atoms with Crippen LogP contribution in [0.1, 0.15) is 38.8 Å². The second-order valence-electron chi connectivity index (χ2n) is 5.20. The van der Waals surface area contributed by atoms with Crippen molar-refractivity contribution >= 4 is 0 Å². The summed E-state index contributed by atoms with van der Waals surface area (Å²) >= 11 is 0. The standard InChI is InChI=1S/C15H26N2O2/c1-5-11(2)17(4)7-6-16-12(3)13-8-14(18)10-15(19)9-13/h8-12,16,18-19H,5-7H2,1-4H3. The molecule has 0 bridgehead atoms. The van der Waals surface area contributed by atoms with E-state index < -0.39 is 0 Å². The average molecular weight is 266 g/mol. The molecular weight excluding hydrogens is 240 g/mol. The van der Waals surface area contributed by atoms with E-state index in [4.69, 9.17) is 0 Å².